The van der Waals surface area contributed by atoms with Crippen molar-refractivity contribution in [2.24, 2.45) is 10.8 Å². The number of amides is 4. The molecule has 4 N–H and O–H groups in total. The molecule has 0 saturated heterocycles. The van der Waals surface area contributed by atoms with Crippen molar-refractivity contribution in [1.82, 2.24) is 10.6 Å². The Morgan fingerprint density at radius 1 is 0.812 bits per heavy atom. The second-order valence-electron chi connectivity index (χ2n) is 10.4. The first-order valence-electron chi connectivity index (χ1n) is 11.3. The van der Waals surface area contributed by atoms with Crippen LogP contribution in [0.1, 0.15) is 51.2 Å². The summed E-state index contributed by atoms with van der Waals surface area (Å²) in [5.74, 6) is 0. The van der Waals surface area contributed by atoms with Gasteiger partial charge in [0, 0.05) is 24.0 Å². The van der Waals surface area contributed by atoms with Crippen LogP contribution in [0.25, 0.3) is 0 Å². The molecule has 3 rings (SSSR count). The molecule has 0 spiro atoms. The molecule has 0 unspecified atom stereocenters. The van der Waals surface area contributed by atoms with Crippen LogP contribution in [-0.2, 0) is 0 Å². The SMILES string of the molecule is Cc1ccc(NC(=O)NC[C@]2(C)C[C@@H](NC(=O)Nc3ccc(C)cc3)CC(C)(C)C2)cc1. The van der Waals surface area contributed by atoms with E-state index in [1.807, 2.05) is 62.4 Å². The lowest BCUT2D eigenvalue weighted by atomic mass is 9.62. The molecule has 0 bridgehead atoms. The highest BCUT2D eigenvalue weighted by Gasteiger charge is 2.41. The van der Waals surface area contributed by atoms with Crippen LogP contribution in [0.2, 0.25) is 0 Å². The zero-order valence-electron chi connectivity index (χ0n) is 19.8. The van der Waals surface area contributed by atoms with Crippen LogP contribution in [0, 0.1) is 24.7 Å². The van der Waals surface area contributed by atoms with Gasteiger partial charge in [-0.25, -0.2) is 9.59 Å². The van der Waals surface area contributed by atoms with E-state index >= 15 is 0 Å². The van der Waals surface area contributed by atoms with Crippen molar-refractivity contribution < 1.29 is 9.59 Å². The van der Waals surface area contributed by atoms with Crippen molar-refractivity contribution in [3.05, 3.63) is 59.7 Å². The summed E-state index contributed by atoms with van der Waals surface area (Å²) in [5.41, 5.74) is 3.80. The zero-order chi connectivity index (χ0) is 23.4. The van der Waals surface area contributed by atoms with E-state index in [4.69, 9.17) is 0 Å². The van der Waals surface area contributed by atoms with Crippen LogP contribution in [0.4, 0.5) is 21.0 Å². The van der Waals surface area contributed by atoms with Crippen molar-refractivity contribution in [1.29, 1.82) is 0 Å². The van der Waals surface area contributed by atoms with Gasteiger partial charge in [-0.05, 0) is 68.2 Å². The van der Waals surface area contributed by atoms with Gasteiger partial charge in [-0.15, -0.1) is 0 Å². The minimum absolute atomic E-state index is 0.0381. The van der Waals surface area contributed by atoms with Gasteiger partial charge in [0.15, 0.2) is 0 Å². The highest BCUT2D eigenvalue weighted by Crippen LogP contribution is 2.45. The van der Waals surface area contributed by atoms with E-state index < -0.39 is 0 Å². The van der Waals surface area contributed by atoms with Crippen LogP contribution < -0.4 is 21.3 Å². The van der Waals surface area contributed by atoms with Gasteiger partial charge in [0.1, 0.15) is 0 Å². The monoisotopic (exact) mass is 436 g/mol. The number of hydrogen-bond acceptors (Lipinski definition) is 2. The highest BCUT2D eigenvalue weighted by atomic mass is 16.2. The third-order valence-corrected chi connectivity index (χ3v) is 6.07. The molecule has 1 fully saturated rings. The van der Waals surface area contributed by atoms with Gasteiger partial charge < -0.3 is 21.3 Å². The number of carbonyl (C=O) groups is 2. The Bertz CT molecular complexity index is 937. The molecule has 0 aliphatic heterocycles. The summed E-state index contributed by atoms with van der Waals surface area (Å²) in [5, 5.41) is 12.0. The second kappa shape index (κ2) is 9.63. The van der Waals surface area contributed by atoms with E-state index in [1.54, 1.807) is 0 Å². The average molecular weight is 437 g/mol. The third kappa shape index (κ3) is 7.01. The van der Waals surface area contributed by atoms with Gasteiger partial charge in [0.05, 0.1) is 0 Å². The Balaban J connectivity index is 1.55. The molecule has 4 amide bonds. The maximum atomic E-state index is 12.6. The van der Waals surface area contributed by atoms with Crippen molar-refractivity contribution in [3.63, 3.8) is 0 Å². The van der Waals surface area contributed by atoms with Gasteiger partial charge in [-0.2, -0.15) is 0 Å². The Labute approximate surface area is 191 Å². The molecule has 6 heteroatoms. The van der Waals surface area contributed by atoms with Crippen molar-refractivity contribution >= 4 is 23.4 Å². The Morgan fingerprint density at radius 2 is 1.31 bits per heavy atom. The Morgan fingerprint density at radius 3 is 1.84 bits per heavy atom. The average Bonchev–Trinajstić information content (AvgIpc) is 2.68. The molecule has 0 radical (unpaired) electrons. The Kier molecular flexibility index (Phi) is 7.12. The number of aryl methyl sites for hydroxylation is 2. The fourth-order valence-electron chi connectivity index (χ4n) is 4.97. The summed E-state index contributed by atoms with van der Waals surface area (Å²) in [6.07, 6.45) is 2.69. The molecule has 2 aromatic rings. The third-order valence-electron chi connectivity index (χ3n) is 6.07. The molecule has 1 saturated carbocycles. The molecule has 2 atom stereocenters. The first-order chi connectivity index (χ1) is 15.0. The highest BCUT2D eigenvalue weighted by molar-refractivity contribution is 5.90. The first kappa shape index (κ1) is 23.6. The number of carbonyl (C=O) groups excluding carboxylic acids is 2. The van der Waals surface area contributed by atoms with Crippen molar-refractivity contribution in [2.75, 3.05) is 17.2 Å². The van der Waals surface area contributed by atoms with Gasteiger partial charge in [0.25, 0.3) is 0 Å². The van der Waals surface area contributed by atoms with E-state index in [0.29, 0.717) is 6.54 Å². The number of rotatable bonds is 5. The summed E-state index contributed by atoms with van der Waals surface area (Å²) in [4.78, 5) is 25.0. The first-order valence-corrected chi connectivity index (χ1v) is 11.3. The molecular formula is C26H36N4O2. The molecule has 6 nitrogen and oxygen atoms in total. The minimum atomic E-state index is -0.208. The smallest absolute Gasteiger partial charge is 0.319 e. The maximum absolute atomic E-state index is 12.6. The predicted molar refractivity (Wildman–Crippen MR) is 131 cm³/mol. The summed E-state index contributed by atoms with van der Waals surface area (Å²) >= 11 is 0. The molecule has 1 aliphatic rings. The lowest BCUT2D eigenvalue weighted by Gasteiger charge is -2.46. The standard InChI is InChI=1S/C26H36N4O2/c1-18-6-10-20(11-7-18)28-23(31)27-17-26(5)15-22(14-25(3,4)16-26)30-24(32)29-21-12-8-19(2)9-13-21/h6-13,22H,14-17H2,1-5H3,(H2,27,28,31)(H2,29,30,32)/t22-,26+/m0/s1. The fourth-order valence-corrected chi connectivity index (χ4v) is 4.97. The molecule has 1 aliphatic carbocycles. The predicted octanol–water partition coefficient (Wildman–Crippen LogP) is 5.83. The van der Waals surface area contributed by atoms with Gasteiger partial charge in [-0.1, -0.05) is 56.2 Å². The number of urea groups is 2. The topological polar surface area (TPSA) is 82.3 Å². The van der Waals surface area contributed by atoms with Gasteiger partial charge >= 0.3 is 12.1 Å². The lowest BCUT2D eigenvalue weighted by molar-refractivity contribution is 0.0761. The number of benzene rings is 2. The quantitative estimate of drug-likeness (QED) is 0.475. The molecule has 172 valence electrons. The summed E-state index contributed by atoms with van der Waals surface area (Å²) < 4.78 is 0. The molecular weight excluding hydrogens is 400 g/mol. The number of hydrogen-bond donors (Lipinski definition) is 4. The second-order valence-corrected chi connectivity index (χ2v) is 10.4. The van der Waals surface area contributed by atoms with E-state index in [9.17, 15) is 9.59 Å². The number of anilines is 2. The van der Waals surface area contributed by atoms with E-state index in [-0.39, 0.29) is 28.9 Å². The minimum Gasteiger partial charge on any atom is -0.337 e. The molecule has 2 aromatic carbocycles. The Hall–Kier alpha value is -3.02. The van der Waals surface area contributed by atoms with Crippen LogP contribution in [0.5, 0.6) is 0 Å². The molecule has 0 aromatic heterocycles. The summed E-state index contributed by atoms with van der Waals surface area (Å²) in [7, 11) is 0. The molecule has 32 heavy (non-hydrogen) atoms. The zero-order valence-corrected chi connectivity index (χ0v) is 19.8. The summed E-state index contributed by atoms with van der Waals surface area (Å²) in [6.45, 7) is 11.2. The van der Waals surface area contributed by atoms with Crippen LogP contribution in [0.3, 0.4) is 0 Å². The van der Waals surface area contributed by atoms with Crippen LogP contribution in [0.15, 0.2) is 48.5 Å². The largest absolute Gasteiger partial charge is 0.337 e. The lowest BCUT2D eigenvalue weighted by Crippen LogP contribution is -2.51. The van der Waals surface area contributed by atoms with Gasteiger partial charge in [-0.3, -0.25) is 0 Å². The van der Waals surface area contributed by atoms with Crippen molar-refractivity contribution in [3.8, 4) is 0 Å². The summed E-state index contributed by atoms with van der Waals surface area (Å²) in [6, 6.07) is 15.1. The van der Waals surface area contributed by atoms with E-state index in [1.165, 1.54) is 0 Å². The maximum Gasteiger partial charge on any atom is 0.319 e. The van der Waals surface area contributed by atoms with Crippen LogP contribution >= 0.6 is 0 Å². The van der Waals surface area contributed by atoms with Crippen molar-refractivity contribution in [2.45, 2.75) is 59.9 Å². The van der Waals surface area contributed by atoms with E-state index in [0.717, 1.165) is 41.8 Å². The normalized spacial score (nSPS) is 22.0. The number of nitrogens with one attached hydrogen (secondary N) is 4. The fraction of sp³-hybridized carbons (Fsp3) is 0.462. The van der Waals surface area contributed by atoms with Gasteiger partial charge in [0.2, 0.25) is 0 Å². The van der Waals surface area contributed by atoms with E-state index in [2.05, 4.69) is 42.0 Å². The molecule has 0 heterocycles. The van der Waals surface area contributed by atoms with Crippen LogP contribution in [-0.4, -0.2) is 24.6 Å².